The van der Waals surface area contributed by atoms with Crippen LogP contribution in [0.15, 0.2) is 58.7 Å². The lowest BCUT2D eigenvalue weighted by atomic mass is 9.68. The average molecular weight is 371 g/mol. The molecule has 0 atom stereocenters. The van der Waals surface area contributed by atoms with Crippen molar-refractivity contribution in [3.8, 4) is 11.3 Å². The Labute approximate surface area is 162 Å². The van der Waals surface area contributed by atoms with Crippen LogP contribution in [-0.4, -0.2) is 21.2 Å². The lowest BCUT2D eigenvalue weighted by Gasteiger charge is -2.35. The second-order valence-corrected chi connectivity index (χ2v) is 7.61. The fourth-order valence-electron chi connectivity index (χ4n) is 4.67. The summed E-state index contributed by atoms with van der Waals surface area (Å²) >= 11 is 0. The highest BCUT2D eigenvalue weighted by Crippen LogP contribution is 2.49. The number of benzene rings is 1. The van der Waals surface area contributed by atoms with Crippen molar-refractivity contribution >= 4 is 12.2 Å². The van der Waals surface area contributed by atoms with E-state index in [0.717, 1.165) is 54.5 Å². The number of fused-ring (bicyclic) bond motifs is 4. The van der Waals surface area contributed by atoms with Gasteiger partial charge in [-0.1, -0.05) is 37.1 Å². The minimum Gasteiger partial charge on any atom is -0.291 e. The molecular formula is C22H21N5O. The minimum absolute atomic E-state index is 0.0528. The van der Waals surface area contributed by atoms with Gasteiger partial charge in [-0.3, -0.25) is 14.8 Å². The smallest absolute Gasteiger partial charge is 0.256 e. The predicted octanol–water partition coefficient (Wildman–Crippen LogP) is 3.65. The molecule has 0 amide bonds. The monoisotopic (exact) mass is 371 g/mol. The first-order valence-electron chi connectivity index (χ1n) is 9.67. The van der Waals surface area contributed by atoms with E-state index in [4.69, 9.17) is 4.98 Å². The lowest BCUT2D eigenvalue weighted by Crippen LogP contribution is -2.37. The normalized spacial score (nSPS) is 16.9. The van der Waals surface area contributed by atoms with Crippen molar-refractivity contribution in [2.24, 2.45) is 5.10 Å². The van der Waals surface area contributed by atoms with Crippen molar-refractivity contribution in [3.63, 3.8) is 0 Å². The average Bonchev–Trinajstić information content (AvgIpc) is 3.17. The maximum Gasteiger partial charge on any atom is 0.256 e. The zero-order valence-electron chi connectivity index (χ0n) is 15.5. The molecule has 2 aliphatic carbocycles. The molecule has 0 bridgehead atoms. The van der Waals surface area contributed by atoms with Gasteiger partial charge in [-0.2, -0.15) is 5.10 Å². The Bertz CT molecular complexity index is 1100. The van der Waals surface area contributed by atoms with E-state index in [9.17, 15) is 4.79 Å². The lowest BCUT2D eigenvalue weighted by molar-refractivity contribution is 0.427. The molecule has 6 nitrogen and oxygen atoms in total. The molecule has 28 heavy (non-hydrogen) atoms. The van der Waals surface area contributed by atoms with E-state index in [1.54, 1.807) is 18.6 Å². The Morgan fingerprint density at radius 3 is 2.71 bits per heavy atom. The summed E-state index contributed by atoms with van der Waals surface area (Å²) in [6.45, 7) is 0. The molecule has 1 spiro atoms. The molecule has 0 radical (unpaired) electrons. The standard InChI is InChI=1S/C22H21N5O/c28-20-18-19(25-21(26-20)27-24-14-15-7-11-23-12-8-15)17-6-2-1-5-16(17)13-22(18)9-3-4-10-22/h1-2,5-8,11-12,14H,3-4,9-10,13H2,(H2,25,26,27,28)/b24-14+. The van der Waals surface area contributed by atoms with Gasteiger partial charge in [0.1, 0.15) is 0 Å². The van der Waals surface area contributed by atoms with Gasteiger partial charge in [0.2, 0.25) is 5.95 Å². The summed E-state index contributed by atoms with van der Waals surface area (Å²) in [5.41, 5.74) is 7.65. The molecule has 6 heteroatoms. The molecule has 0 aliphatic heterocycles. The van der Waals surface area contributed by atoms with Gasteiger partial charge in [0.15, 0.2) is 0 Å². The topological polar surface area (TPSA) is 83.0 Å². The number of nitrogens with one attached hydrogen (secondary N) is 2. The first-order valence-corrected chi connectivity index (χ1v) is 9.67. The number of hydrazone groups is 1. The predicted molar refractivity (Wildman–Crippen MR) is 110 cm³/mol. The fourth-order valence-corrected chi connectivity index (χ4v) is 4.67. The second kappa shape index (κ2) is 6.71. The fraction of sp³-hybridized carbons (Fsp3) is 0.273. The number of aromatic nitrogens is 3. The van der Waals surface area contributed by atoms with Crippen molar-refractivity contribution in [3.05, 3.63) is 75.8 Å². The largest absolute Gasteiger partial charge is 0.291 e. The second-order valence-electron chi connectivity index (χ2n) is 7.61. The van der Waals surface area contributed by atoms with E-state index >= 15 is 0 Å². The first kappa shape index (κ1) is 16.9. The molecule has 5 rings (SSSR count). The van der Waals surface area contributed by atoms with E-state index < -0.39 is 0 Å². The first-order chi connectivity index (χ1) is 13.8. The van der Waals surface area contributed by atoms with Gasteiger partial charge in [-0.25, -0.2) is 10.4 Å². The highest BCUT2D eigenvalue weighted by atomic mass is 16.1. The van der Waals surface area contributed by atoms with E-state index in [1.165, 1.54) is 5.56 Å². The van der Waals surface area contributed by atoms with Crippen LogP contribution in [0.5, 0.6) is 0 Å². The van der Waals surface area contributed by atoms with Crippen LogP contribution in [0.3, 0.4) is 0 Å². The maximum atomic E-state index is 13.1. The van der Waals surface area contributed by atoms with Crippen molar-refractivity contribution < 1.29 is 0 Å². The Kier molecular flexibility index (Phi) is 4.04. The molecule has 2 heterocycles. The number of pyridine rings is 1. The number of H-pyrrole nitrogens is 1. The number of nitrogens with zero attached hydrogens (tertiary/aromatic N) is 3. The molecule has 2 N–H and O–H groups in total. The molecule has 1 fully saturated rings. The molecule has 3 aromatic rings. The van der Waals surface area contributed by atoms with Gasteiger partial charge >= 0.3 is 0 Å². The zero-order valence-corrected chi connectivity index (χ0v) is 15.5. The Hall–Kier alpha value is -3.28. The third kappa shape index (κ3) is 2.81. The molecule has 140 valence electrons. The number of hydrogen-bond acceptors (Lipinski definition) is 5. The van der Waals surface area contributed by atoms with Crippen LogP contribution >= 0.6 is 0 Å². The summed E-state index contributed by atoms with van der Waals surface area (Å²) in [4.78, 5) is 24.8. The van der Waals surface area contributed by atoms with E-state index in [-0.39, 0.29) is 11.0 Å². The van der Waals surface area contributed by atoms with Gasteiger partial charge in [-0.05, 0) is 42.5 Å². The van der Waals surface area contributed by atoms with Crippen molar-refractivity contribution in [1.29, 1.82) is 0 Å². The maximum absolute atomic E-state index is 13.1. The van der Waals surface area contributed by atoms with Crippen LogP contribution in [-0.2, 0) is 11.8 Å². The summed E-state index contributed by atoms with van der Waals surface area (Å²) in [5.74, 6) is 0.360. The van der Waals surface area contributed by atoms with Gasteiger partial charge in [0, 0.05) is 23.4 Å². The van der Waals surface area contributed by atoms with Crippen LogP contribution < -0.4 is 11.0 Å². The molecule has 0 unspecified atom stereocenters. The third-order valence-electron chi connectivity index (χ3n) is 5.90. The van der Waals surface area contributed by atoms with Crippen LogP contribution in [0.1, 0.15) is 42.4 Å². The molecule has 1 saturated carbocycles. The Morgan fingerprint density at radius 2 is 1.89 bits per heavy atom. The number of hydrogen-bond donors (Lipinski definition) is 2. The van der Waals surface area contributed by atoms with Gasteiger partial charge in [-0.15, -0.1) is 0 Å². The Balaban J connectivity index is 1.56. The zero-order chi connectivity index (χ0) is 19.0. The molecule has 0 saturated heterocycles. The van der Waals surface area contributed by atoms with Gasteiger partial charge < -0.3 is 0 Å². The number of aromatic amines is 1. The minimum atomic E-state index is -0.0803. The molecular weight excluding hydrogens is 350 g/mol. The molecule has 2 aromatic heterocycles. The summed E-state index contributed by atoms with van der Waals surface area (Å²) in [5, 5.41) is 4.21. The highest BCUT2D eigenvalue weighted by Gasteiger charge is 2.43. The highest BCUT2D eigenvalue weighted by molar-refractivity contribution is 5.79. The van der Waals surface area contributed by atoms with Crippen LogP contribution in [0.25, 0.3) is 11.3 Å². The van der Waals surface area contributed by atoms with E-state index in [1.807, 2.05) is 18.2 Å². The quantitative estimate of drug-likeness (QED) is 0.544. The molecule has 2 aliphatic rings. The van der Waals surface area contributed by atoms with Crippen LogP contribution in [0, 0.1) is 0 Å². The van der Waals surface area contributed by atoms with Gasteiger partial charge in [0.05, 0.1) is 17.5 Å². The van der Waals surface area contributed by atoms with Crippen molar-refractivity contribution in [1.82, 2.24) is 15.0 Å². The van der Waals surface area contributed by atoms with E-state index in [0.29, 0.717) is 5.95 Å². The van der Waals surface area contributed by atoms with Crippen LogP contribution in [0.4, 0.5) is 5.95 Å². The van der Waals surface area contributed by atoms with Gasteiger partial charge in [0.25, 0.3) is 5.56 Å². The summed E-state index contributed by atoms with van der Waals surface area (Å²) in [6.07, 6.45) is 10.4. The van der Waals surface area contributed by atoms with E-state index in [2.05, 4.69) is 38.7 Å². The molecule has 1 aromatic carbocycles. The third-order valence-corrected chi connectivity index (χ3v) is 5.90. The SMILES string of the molecule is O=c1[nH]c(N/N=C/c2ccncc2)nc2c1C1(CCCC1)Cc1ccccc1-2. The number of rotatable bonds is 3. The van der Waals surface area contributed by atoms with Crippen molar-refractivity contribution in [2.45, 2.75) is 37.5 Å². The Morgan fingerprint density at radius 1 is 1.11 bits per heavy atom. The number of anilines is 1. The van der Waals surface area contributed by atoms with Crippen LogP contribution in [0.2, 0.25) is 0 Å². The summed E-state index contributed by atoms with van der Waals surface area (Å²) in [7, 11) is 0. The summed E-state index contributed by atoms with van der Waals surface area (Å²) < 4.78 is 0. The summed E-state index contributed by atoms with van der Waals surface area (Å²) in [6, 6.07) is 12.0. The van der Waals surface area contributed by atoms with Crippen molar-refractivity contribution in [2.75, 3.05) is 5.43 Å².